The fourth-order valence-electron chi connectivity index (χ4n) is 2.41. The zero-order valence-corrected chi connectivity index (χ0v) is 13.9. The first-order valence-electron chi connectivity index (χ1n) is 7.02. The maximum atomic E-state index is 12.3. The highest BCUT2D eigenvalue weighted by Gasteiger charge is 2.22. The number of carbonyl (C=O) groups excluding carboxylic acids is 2. The second-order valence-electron chi connectivity index (χ2n) is 5.25. The van der Waals surface area contributed by atoms with E-state index in [1.54, 1.807) is 29.3 Å². The Morgan fingerprint density at radius 1 is 1.26 bits per heavy atom. The lowest BCUT2D eigenvalue weighted by atomic mass is 10.3. The van der Waals surface area contributed by atoms with Crippen molar-refractivity contribution in [2.45, 2.75) is 20.0 Å². The summed E-state index contributed by atoms with van der Waals surface area (Å²) in [5.74, 6) is 0.336. The lowest BCUT2D eigenvalue weighted by Gasteiger charge is -2.26. The molecule has 8 heteroatoms. The number of rotatable bonds is 2. The Morgan fingerprint density at radius 3 is 2.74 bits per heavy atom. The number of nitrogens with one attached hydrogen (secondary N) is 1. The Bertz CT molecular complexity index is 788. The van der Waals surface area contributed by atoms with Crippen molar-refractivity contribution >= 4 is 40.7 Å². The molecule has 0 spiro atoms. The van der Waals surface area contributed by atoms with Gasteiger partial charge in [-0.15, -0.1) is 0 Å². The van der Waals surface area contributed by atoms with Gasteiger partial charge in [-0.1, -0.05) is 23.2 Å². The van der Waals surface area contributed by atoms with Crippen LogP contribution in [0.4, 0.5) is 5.69 Å². The summed E-state index contributed by atoms with van der Waals surface area (Å²) in [6.07, 6.45) is 1.69. The molecule has 23 heavy (non-hydrogen) atoms. The topological polar surface area (TPSA) is 67.2 Å². The molecule has 1 N–H and O–H groups in total. The van der Waals surface area contributed by atoms with Crippen LogP contribution < -0.4 is 5.32 Å². The summed E-state index contributed by atoms with van der Waals surface area (Å²) in [5.41, 5.74) is 0.758. The monoisotopic (exact) mass is 352 g/mol. The van der Waals surface area contributed by atoms with Gasteiger partial charge < -0.3 is 14.8 Å². The third-order valence-corrected chi connectivity index (χ3v) is 4.21. The van der Waals surface area contributed by atoms with Gasteiger partial charge in [0.1, 0.15) is 11.5 Å². The second kappa shape index (κ2) is 6.22. The van der Waals surface area contributed by atoms with E-state index in [1.165, 1.54) is 6.92 Å². The van der Waals surface area contributed by atoms with E-state index in [2.05, 4.69) is 10.3 Å². The molecule has 0 fully saturated rings. The van der Waals surface area contributed by atoms with Crippen LogP contribution in [0.25, 0.3) is 0 Å². The molecule has 0 bridgehead atoms. The molecule has 0 saturated heterocycles. The maximum absolute atomic E-state index is 12.3. The van der Waals surface area contributed by atoms with Gasteiger partial charge in [0.25, 0.3) is 5.91 Å². The minimum absolute atomic E-state index is 0.00167. The van der Waals surface area contributed by atoms with E-state index in [0.29, 0.717) is 41.2 Å². The summed E-state index contributed by atoms with van der Waals surface area (Å²) in [6.45, 7) is 3.17. The lowest BCUT2D eigenvalue weighted by Crippen LogP contribution is -2.36. The fourth-order valence-corrected chi connectivity index (χ4v) is 2.86. The van der Waals surface area contributed by atoms with Crippen LogP contribution in [-0.2, 0) is 17.9 Å². The average molecular weight is 353 g/mol. The molecule has 2 aromatic rings. The molecule has 0 unspecified atom stereocenters. The number of benzene rings is 1. The van der Waals surface area contributed by atoms with E-state index in [1.807, 2.05) is 4.57 Å². The van der Waals surface area contributed by atoms with E-state index < -0.39 is 0 Å². The van der Waals surface area contributed by atoms with Crippen LogP contribution >= 0.6 is 23.2 Å². The van der Waals surface area contributed by atoms with Crippen molar-refractivity contribution in [2.24, 2.45) is 0 Å². The molecule has 1 aliphatic heterocycles. The molecule has 120 valence electrons. The quantitative estimate of drug-likeness (QED) is 0.903. The number of amides is 2. The van der Waals surface area contributed by atoms with Crippen molar-refractivity contribution in [1.29, 1.82) is 0 Å². The van der Waals surface area contributed by atoms with Gasteiger partial charge >= 0.3 is 0 Å². The third kappa shape index (κ3) is 3.33. The minimum Gasteiger partial charge on any atom is -0.334 e. The molecular weight excluding hydrogens is 339 g/mol. The second-order valence-corrected chi connectivity index (χ2v) is 6.10. The van der Waals surface area contributed by atoms with Crippen molar-refractivity contribution < 1.29 is 9.59 Å². The van der Waals surface area contributed by atoms with Crippen molar-refractivity contribution in [3.8, 4) is 0 Å². The van der Waals surface area contributed by atoms with Gasteiger partial charge in [-0.05, 0) is 18.2 Å². The molecule has 0 radical (unpaired) electrons. The summed E-state index contributed by atoms with van der Waals surface area (Å²) in [5, 5.41) is 3.56. The summed E-state index contributed by atoms with van der Waals surface area (Å²) in [6, 6.07) is 4.84. The first-order chi connectivity index (χ1) is 10.9. The molecule has 2 amide bonds. The van der Waals surface area contributed by atoms with Crippen molar-refractivity contribution in [3.63, 3.8) is 0 Å². The molecule has 0 saturated carbocycles. The van der Waals surface area contributed by atoms with E-state index >= 15 is 0 Å². The summed E-state index contributed by atoms with van der Waals surface area (Å²) in [4.78, 5) is 29.8. The number of fused-ring (bicyclic) bond motifs is 1. The molecule has 1 aromatic carbocycles. The Hall–Kier alpha value is -2.05. The van der Waals surface area contributed by atoms with Gasteiger partial charge in [-0.3, -0.25) is 9.59 Å². The molecular formula is C15H14Cl2N4O2. The number of halogens is 2. The highest BCUT2D eigenvalue weighted by molar-refractivity contribution is 6.36. The highest BCUT2D eigenvalue weighted by Crippen LogP contribution is 2.26. The number of nitrogens with zero attached hydrogens (tertiary/aromatic N) is 3. The van der Waals surface area contributed by atoms with Gasteiger partial charge in [0.05, 0.1) is 17.3 Å². The van der Waals surface area contributed by atoms with E-state index in [4.69, 9.17) is 23.2 Å². The lowest BCUT2D eigenvalue weighted by molar-refractivity contribution is -0.130. The van der Waals surface area contributed by atoms with Gasteiger partial charge in [0.15, 0.2) is 0 Å². The zero-order valence-electron chi connectivity index (χ0n) is 12.3. The predicted octanol–water partition coefficient (Wildman–Crippen LogP) is 2.80. The van der Waals surface area contributed by atoms with Crippen LogP contribution in [0.5, 0.6) is 0 Å². The Balaban J connectivity index is 1.78. The number of anilines is 1. The molecule has 2 heterocycles. The van der Waals surface area contributed by atoms with Crippen LogP contribution in [0.3, 0.4) is 0 Å². The van der Waals surface area contributed by atoms with Crippen molar-refractivity contribution in [2.75, 3.05) is 11.9 Å². The Morgan fingerprint density at radius 2 is 2.04 bits per heavy atom. The fraction of sp³-hybridized carbons (Fsp3) is 0.267. The number of hydrogen-bond acceptors (Lipinski definition) is 3. The van der Waals surface area contributed by atoms with Crippen LogP contribution in [0.1, 0.15) is 23.2 Å². The normalized spacial score (nSPS) is 13.6. The number of hydrogen-bond donors (Lipinski definition) is 1. The predicted molar refractivity (Wildman–Crippen MR) is 87.7 cm³/mol. The zero-order chi connectivity index (χ0) is 16.6. The van der Waals surface area contributed by atoms with Crippen LogP contribution in [0, 0.1) is 0 Å². The smallest absolute Gasteiger partial charge is 0.275 e. The molecule has 3 rings (SSSR count). The third-order valence-electron chi connectivity index (χ3n) is 3.66. The van der Waals surface area contributed by atoms with E-state index in [9.17, 15) is 9.59 Å². The van der Waals surface area contributed by atoms with Gasteiger partial charge in [0, 0.05) is 31.2 Å². The van der Waals surface area contributed by atoms with E-state index in [-0.39, 0.29) is 17.5 Å². The van der Waals surface area contributed by atoms with Gasteiger partial charge in [-0.2, -0.15) is 0 Å². The first-order valence-corrected chi connectivity index (χ1v) is 7.77. The first kappa shape index (κ1) is 15.8. The van der Waals surface area contributed by atoms with E-state index in [0.717, 1.165) is 0 Å². The molecule has 1 aromatic heterocycles. The molecule has 1 aliphatic rings. The molecule has 6 nitrogen and oxygen atoms in total. The highest BCUT2D eigenvalue weighted by atomic mass is 35.5. The van der Waals surface area contributed by atoms with Crippen LogP contribution in [-0.4, -0.2) is 32.8 Å². The average Bonchev–Trinajstić information content (AvgIpc) is 2.93. The molecule has 0 aliphatic carbocycles. The van der Waals surface area contributed by atoms with Crippen LogP contribution in [0.15, 0.2) is 24.4 Å². The number of aromatic nitrogens is 2. The summed E-state index contributed by atoms with van der Waals surface area (Å²) >= 11 is 11.9. The maximum Gasteiger partial charge on any atom is 0.275 e. The van der Waals surface area contributed by atoms with Gasteiger partial charge in [0.2, 0.25) is 5.91 Å². The summed E-state index contributed by atoms with van der Waals surface area (Å²) in [7, 11) is 0. The standard InChI is InChI=1S/C15H14Cl2N4O2/c1-9(22)20-4-5-21-7-13(18-14(21)8-20)15(23)19-12-3-2-10(16)6-11(12)17/h2-3,6-7H,4-5,8H2,1H3,(H,19,23). The Labute approximate surface area is 143 Å². The Kier molecular flexibility index (Phi) is 4.28. The largest absolute Gasteiger partial charge is 0.334 e. The number of imidazole rings is 1. The van der Waals surface area contributed by atoms with Crippen LogP contribution in [0.2, 0.25) is 10.0 Å². The van der Waals surface area contributed by atoms with Crippen molar-refractivity contribution in [1.82, 2.24) is 14.5 Å². The minimum atomic E-state index is -0.356. The molecule has 0 atom stereocenters. The number of carbonyl (C=O) groups is 2. The van der Waals surface area contributed by atoms with Gasteiger partial charge in [-0.25, -0.2) is 4.98 Å². The SMILES string of the molecule is CC(=O)N1CCn2cc(C(=O)Nc3ccc(Cl)cc3Cl)nc2C1. The summed E-state index contributed by atoms with van der Waals surface area (Å²) < 4.78 is 1.89. The van der Waals surface area contributed by atoms with Crippen molar-refractivity contribution in [3.05, 3.63) is 46.0 Å².